The van der Waals surface area contributed by atoms with Gasteiger partial charge in [-0.15, -0.1) is 0 Å². The predicted molar refractivity (Wildman–Crippen MR) is 114 cm³/mol. The van der Waals surface area contributed by atoms with Crippen LogP contribution < -0.4 is 10.3 Å². The molecule has 0 radical (unpaired) electrons. The lowest BCUT2D eigenvalue weighted by Crippen LogP contribution is -2.27. The first-order valence-electron chi connectivity index (χ1n) is 9.51. The van der Waals surface area contributed by atoms with E-state index < -0.39 is 11.9 Å². The lowest BCUT2D eigenvalue weighted by Gasteiger charge is -2.11. The second-order valence-corrected chi connectivity index (χ2v) is 6.75. The van der Waals surface area contributed by atoms with Gasteiger partial charge in [-0.1, -0.05) is 48.5 Å². The third-order valence-electron chi connectivity index (χ3n) is 4.72. The lowest BCUT2D eigenvalue weighted by molar-refractivity contribution is 0.0600. The Kier molecular flexibility index (Phi) is 5.57. The number of ether oxygens (including phenoxy) is 2. The third-order valence-corrected chi connectivity index (χ3v) is 4.72. The van der Waals surface area contributed by atoms with Crippen molar-refractivity contribution >= 4 is 22.7 Å². The standard InChI is InChI=1S/C24H18N2O5/c1-30-23(28)17-11-13-18(14-12-17)31-24(29)21-19-9-5-6-10-20(19)22(27)26(25-21)15-16-7-3-2-4-8-16/h2-14H,15H2,1H3. The predicted octanol–water partition coefficient (Wildman–Crippen LogP) is 3.45. The third kappa shape index (κ3) is 4.20. The number of esters is 2. The molecular weight excluding hydrogens is 396 g/mol. The highest BCUT2D eigenvalue weighted by molar-refractivity contribution is 6.03. The van der Waals surface area contributed by atoms with Crippen LogP contribution in [0.4, 0.5) is 0 Å². The Balaban J connectivity index is 1.70. The van der Waals surface area contributed by atoms with E-state index in [9.17, 15) is 14.4 Å². The minimum absolute atomic E-state index is 0.0307. The summed E-state index contributed by atoms with van der Waals surface area (Å²) < 4.78 is 11.4. The molecule has 0 saturated heterocycles. The Morgan fingerprint density at radius 3 is 2.16 bits per heavy atom. The van der Waals surface area contributed by atoms with E-state index in [1.54, 1.807) is 24.3 Å². The molecule has 31 heavy (non-hydrogen) atoms. The monoisotopic (exact) mass is 414 g/mol. The van der Waals surface area contributed by atoms with Crippen molar-refractivity contribution in [2.75, 3.05) is 7.11 Å². The number of nitrogens with zero attached hydrogens (tertiary/aromatic N) is 2. The van der Waals surface area contributed by atoms with Crippen LogP contribution in [0.25, 0.3) is 10.8 Å². The highest BCUT2D eigenvalue weighted by Crippen LogP contribution is 2.18. The zero-order chi connectivity index (χ0) is 21.8. The Labute approximate surface area is 177 Å². The maximum Gasteiger partial charge on any atom is 0.364 e. The van der Waals surface area contributed by atoms with E-state index in [4.69, 9.17) is 4.74 Å². The minimum Gasteiger partial charge on any atom is -0.465 e. The van der Waals surface area contributed by atoms with Gasteiger partial charge in [0.1, 0.15) is 5.75 Å². The summed E-state index contributed by atoms with van der Waals surface area (Å²) in [5, 5.41) is 5.09. The van der Waals surface area contributed by atoms with Gasteiger partial charge in [0, 0.05) is 5.39 Å². The van der Waals surface area contributed by atoms with Crippen molar-refractivity contribution in [2.24, 2.45) is 0 Å². The van der Waals surface area contributed by atoms with Crippen LogP contribution in [0.2, 0.25) is 0 Å². The molecule has 154 valence electrons. The molecule has 0 aliphatic heterocycles. The van der Waals surface area contributed by atoms with Gasteiger partial charge in [-0.05, 0) is 35.9 Å². The number of carbonyl (C=O) groups is 2. The zero-order valence-corrected chi connectivity index (χ0v) is 16.6. The molecule has 0 N–H and O–H groups in total. The van der Waals surface area contributed by atoms with Gasteiger partial charge in [0.15, 0.2) is 5.69 Å². The van der Waals surface area contributed by atoms with E-state index in [2.05, 4.69) is 9.84 Å². The van der Waals surface area contributed by atoms with Crippen molar-refractivity contribution in [3.8, 4) is 5.75 Å². The SMILES string of the molecule is COC(=O)c1ccc(OC(=O)c2nn(Cc3ccccc3)c(=O)c3ccccc23)cc1. The van der Waals surface area contributed by atoms with Gasteiger partial charge in [0.2, 0.25) is 0 Å². The highest BCUT2D eigenvalue weighted by Gasteiger charge is 2.19. The number of fused-ring (bicyclic) bond motifs is 1. The average Bonchev–Trinajstić information content (AvgIpc) is 2.81. The summed E-state index contributed by atoms with van der Waals surface area (Å²) >= 11 is 0. The molecule has 4 aromatic rings. The van der Waals surface area contributed by atoms with E-state index in [1.165, 1.54) is 36.1 Å². The molecule has 4 rings (SSSR count). The van der Waals surface area contributed by atoms with Crippen LogP contribution >= 0.6 is 0 Å². The summed E-state index contributed by atoms with van der Waals surface area (Å²) in [7, 11) is 1.29. The molecule has 0 aliphatic rings. The number of methoxy groups -OCH3 is 1. The van der Waals surface area contributed by atoms with E-state index >= 15 is 0 Å². The Bertz CT molecular complexity index is 1310. The number of carbonyl (C=O) groups excluding carboxylic acids is 2. The van der Waals surface area contributed by atoms with Gasteiger partial charge in [0.05, 0.1) is 24.6 Å². The summed E-state index contributed by atoms with van der Waals surface area (Å²) in [6.07, 6.45) is 0. The van der Waals surface area contributed by atoms with Crippen LogP contribution in [0, 0.1) is 0 Å². The molecule has 0 bridgehead atoms. The molecule has 0 aliphatic carbocycles. The second-order valence-electron chi connectivity index (χ2n) is 6.75. The van der Waals surface area contributed by atoms with Crippen molar-refractivity contribution in [3.63, 3.8) is 0 Å². The maximum atomic E-state index is 12.9. The van der Waals surface area contributed by atoms with Gasteiger partial charge >= 0.3 is 11.9 Å². The lowest BCUT2D eigenvalue weighted by atomic mass is 10.1. The molecule has 0 saturated carbocycles. The highest BCUT2D eigenvalue weighted by atomic mass is 16.5. The fourth-order valence-corrected chi connectivity index (χ4v) is 3.18. The number of benzene rings is 3. The molecule has 0 spiro atoms. The maximum absolute atomic E-state index is 12.9. The minimum atomic E-state index is -0.705. The van der Waals surface area contributed by atoms with Gasteiger partial charge in [-0.25, -0.2) is 14.3 Å². The normalized spacial score (nSPS) is 10.6. The van der Waals surface area contributed by atoms with Gasteiger partial charge in [-0.3, -0.25) is 4.79 Å². The Hall–Kier alpha value is -4.26. The summed E-state index contributed by atoms with van der Waals surface area (Å²) in [4.78, 5) is 37.4. The van der Waals surface area contributed by atoms with E-state index in [0.29, 0.717) is 16.3 Å². The summed E-state index contributed by atoms with van der Waals surface area (Å²) in [6, 6.07) is 22.1. The van der Waals surface area contributed by atoms with Crippen LogP contribution in [-0.4, -0.2) is 28.8 Å². The van der Waals surface area contributed by atoms with E-state index in [0.717, 1.165) is 5.56 Å². The van der Waals surface area contributed by atoms with E-state index in [-0.39, 0.29) is 23.5 Å². The topological polar surface area (TPSA) is 87.5 Å². The quantitative estimate of drug-likeness (QED) is 0.367. The second kappa shape index (κ2) is 8.62. The molecule has 7 nitrogen and oxygen atoms in total. The van der Waals surface area contributed by atoms with E-state index in [1.807, 2.05) is 30.3 Å². The molecule has 1 aromatic heterocycles. The molecular formula is C24H18N2O5. The average molecular weight is 414 g/mol. The zero-order valence-electron chi connectivity index (χ0n) is 16.6. The number of rotatable bonds is 5. The van der Waals surface area contributed by atoms with Crippen LogP contribution in [0.3, 0.4) is 0 Å². The van der Waals surface area contributed by atoms with Gasteiger partial charge < -0.3 is 9.47 Å². The fourth-order valence-electron chi connectivity index (χ4n) is 3.18. The number of aromatic nitrogens is 2. The Morgan fingerprint density at radius 2 is 1.48 bits per heavy atom. The van der Waals surface area contributed by atoms with Crippen molar-refractivity contribution in [2.45, 2.75) is 6.54 Å². The molecule has 3 aromatic carbocycles. The first kappa shape index (κ1) is 20.0. The molecule has 0 unspecified atom stereocenters. The molecule has 0 atom stereocenters. The first-order chi connectivity index (χ1) is 15.1. The number of hydrogen-bond acceptors (Lipinski definition) is 6. The number of hydrogen-bond donors (Lipinski definition) is 0. The Morgan fingerprint density at radius 1 is 0.839 bits per heavy atom. The van der Waals surface area contributed by atoms with Crippen LogP contribution in [0.5, 0.6) is 5.75 Å². The summed E-state index contributed by atoms with van der Waals surface area (Å²) in [5.74, 6) is -0.952. The van der Waals surface area contributed by atoms with Crippen molar-refractivity contribution in [1.29, 1.82) is 0 Å². The summed E-state index contributed by atoms with van der Waals surface area (Å²) in [5.41, 5.74) is 0.953. The molecule has 1 heterocycles. The van der Waals surface area contributed by atoms with Crippen LogP contribution in [-0.2, 0) is 11.3 Å². The molecule has 0 fully saturated rings. The smallest absolute Gasteiger partial charge is 0.364 e. The van der Waals surface area contributed by atoms with Gasteiger partial charge in [0.25, 0.3) is 5.56 Å². The largest absolute Gasteiger partial charge is 0.465 e. The van der Waals surface area contributed by atoms with Crippen molar-refractivity contribution in [3.05, 3.63) is 106 Å². The van der Waals surface area contributed by atoms with Crippen LogP contribution in [0.1, 0.15) is 26.4 Å². The molecule has 7 heteroatoms. The molecule has 0 amide bonds. The fraction of sp³-hybridized carbons (Fsp3) is 0.0833. The van der Waals surface area contributed by atoms with Crippen molar-refractivity contribution < 1.29 is 19.1 Å². The summed E-state index contributed by atoms with van der Waals surface area (Å²) in [6.45, 7) is 0.221. The van der Waals surface area contributed by atoms with Gasteiger partial charge in [-0.2, -0.15) is 5.10 Å². The van der Waals surface area contributed by atoms with Crippen molar-refractivity contribution in [1.82, 2.24) is 9.78 Å². The first-order valence-corrected chi connectivity index (χ1v) is 9.51. The van der Waals surface area contributed by atoms with Crippen LogP contribution in [0.15, 0.2) is 83.7 Å².